The van der Waals surface area contributed by atoms with Crippen molar-refractivity contribution in [3.05, 3.63) is 91.0 Å². The van der Waals surface area contributed by atoms with E-state index in [0.29, 0.717) is 23.8 Å². The first-order chi connectivity index (χ1) is 27.1. The minimum atomic E-state index is -0.892. The number of amides is 1. The van der Waals surface area contributed by atoms with Gasteiger partial charge in [0, 0.05) is 60.0 Å². The number of aliphatic hydroxyl groups excluding tert-OH is 1. The number of carbonyl (C=O) groups excluding carboxylic acids is 1. The summed E-state index contributed by atoms with van der Waals surface area (Å²) in [5.41, 5.74) is 2.50. The highest BCUT2D eigenvalue weighted by molar-refractivity contribution is 5.85. The van der Waals surface area contributed by atoms with E-state index in [-0.39, 0.29) is 30.5 Å². The molecule has 2 aromatic carbocycles. The van der Waals surface area contributed by atoms with Gasteiger partial charge in [0.1, 0.15) is 5.82 Å². The first-order valence-corrected chi connectivity index (χ1v) is 20.0. The Hall–Kier alpha value is -5.40. The lowest BCUT2D eigenvalue weighted by atomic mass is 9.85. The molecule has 8 rings (SSSR count). The zero-order valence-corrected chi connectivity index (χ0v) is 33.2. The molecular formula is C43H56N10O3. The Morgan fingerprint density at radius 1 is 0.786 bits per heavy atom. The van der Waals surface area contributed by atoms with Gasteiger partial charge in [0.15, 0.2) is 5.82 Å². The van der Waals surface area contributed by atoms with Gasteiger partial charge in [-0.15, -0.1) is 0 Å². The minimum Gasteiger partial charge on any atom is -0.393 e. The number of anilines is 2. The number of benzene rings is 2. The van der Waals surface area contributed by atoms with Crippen molar-refractivity contribution in [2.24, 2.45) is 5.92 Å². The van der Waals surface area contributed by atoms with E-state index in [1.54, 1.807) is 26.2 Å². The number of aliphatic hydroxyl groups is 2. The molecule has 296 valence electrons. The van der Waals surface area contributed by atoms with Crippen LogP contribution in [0.25, 0.3) is 33.4 Å². The summed E-state index contributed by atoms with van der Waals surface area (Å²) in [6.07, 6.45) is 14.3. The fraction of sp³-hybridized carbons (Fsp3) is 0.442. The van der Waals surface area contributed by atoms with Crippen molar-refractivity contribution in [3.8, 4) is 11.6 Å². The predicted molar refractivity (Wildman–Crippen MR) is 222 cm³/mol. The van der Waals surface area contributed by atoms with E-state index >= 15 is 0 Å². The number of para-hydroxylation sites is 2. The highest BCUT2D eigenvalue weighted by atomic mass is 16.3. The van der Waals surface area contributed by atoms with Crippen molar-refractivity contribution >= 4 is 39.6 Å². The van der Waals surface area contributed by atoms with E-state index in [2.05, 4.69) is 71.9 Å². The lowest BCUT2D eigenvalue weighted by molar-refractivity contribution is -0.127. The number of aromatic nitrogens is 7. The maximum absolute atomic E-state index is 12.3. The Morgan fingerprint density at radius 2 is 1.36 bits per heavy atom. The van der Waals surface area contributed by atoms with E-state index in [9.17, 15) is 15.0 Å². The molecule has 1 amide bonds. The number of fused-ring (bicyclic) bond motifs is 2. The third-order valence-electron chi connectivity index (χ3n) is 10.3. The SMILES string of the molecule is CC.CC(C)(O)CNC(=O)C1CCC(Nc2nccc(-n3ncc4ccccc43)n2)CC1.Cc1cn(-c2ccnc(NC3CCC(O)CC3)n2)c2ccccc12. The number of nitrogens with zero attached hydrogens (tertiary/aromatic N) is 7. The van der Waals surface area contributed by atoms with Crippen LogP contribution in [-0.2, 0) is 4.79 Å². The fourth-order valence-electron chi connectivity index (χ4n) is 7.32. The molecule has 0 atom stereocenters. The average molecular weight is 761 g/mol. The molecule has 0 bridgehead atoms. The van der Waals surface area contributed by atoms with Gasteiger partial charge in [-0.25, -0.2) is 14.6 Å². The van der Waals surface area contributed by atoms with Crippen LogP contribution in [0.4, 0.5) is 11.9 Å². The van der Waals surface area contributed by atoms with E-state index in [1.807, 2.05) is 67.2 Å². The van der Waals surface area contributed by atoms with Gasteiger partial charge in [0.2, 0.25) is 17.8 Å². The number of hydrogen-bond donors (Lipinski definition) is 5. The number of rotatable bonds is 9. The van der Waals surface area contributed by atoms with Crippen LogP contribution in [0, 0.1) is 12.8 Å². The molecule has 2 aliphatic carbocycles. The van der Waals surface area contributed by atoms with Crippen LogP contribution in [0.2, 0.25) is 0 Å². The molecule has 2 fully saturated rings. The van der Waals surface area contributed by atoms with Gasteiger partial charge in [-0.2, -0.15) is 15.1 Å². The molecule has 0 aliphatic heterocycles. The average Bonchev–Trinajstić information content (AvgIpc) is 3.80. The normalized spacial score (nSPS) is 19.6. The molecule has 0 saturated heterocycles. The summed E-state index contributed by atoms with van der Waals surface area (Å²) in [6.45, 7) is 9.77. The zero-order chi connectivity index (χ0) is 39.7. The molecule has 0 unspecified atom stereocenters. The van der Waals surface area contributed by atoms with E-state index in [1.165, 1.54) is 10.9 Å². The molecule has 0 spiro atoms. The predicted octanol–water partition coefficient (Wildman–Crippen LogP) is 7.14. The van der Waals surface area contributed by atoms with Crippen LogP contribution in [0.1, 0.15) is 84.6 Å². The first-order valence-electron chi connectivity index (χ1n) is 20.0. The van der Waals surface area contributed by atoms with Crippen molar-refractivity contribution in [1.82, 2.24) is 39.6 Å². The van der Waals surface area contributed by atoms with Gasteiger partial charge in [-0.3, -0.25) is 4.79 Å². The van der Waals surface area contributed by atoms with E-state index in [0.717, 1.165) is 73.6 Å². The molecule has 2 saturated carbocycles. The van der Waals surface area contributed by atoms with Crippen LogP contribution >= 0.6 is 0 Å². The number of nitrogens with one attached hydrogen (secondary N) is 3. The third kappa shape index (κ3) is 10.3. The Bertz CT molecular complexity index is 2180. The van der Waals surface area contributed by atoms with Crippen molar-refractivity contribution < 1.29 is 15.0 Å². The molecule has 0 radical (unpaired) electrons. The van der Waals surface area contributed by atoms with Crippen molar-refractivity contribution in [1.29, 1.82) is 0 Å². The van der Waals surface area contributed by atoms with Crippen molar-refractivity contribution in [2.75, 3.05) is 17.2 Å². The number of hydrogen-bond acceptors (Lipinski definition) is 10. The third-order valence-corrected chi connectivity index (χ3v) is 10.3. The standard InChI is InChI=1S/C22H28N6O2.C19H22N4O.C2H6/c1-22(2,30)14-24-20(29)15-7-9-17(10-8-15)26-21-23-12-11-19(27-21)28-18-6-4-3-5-16(18)13-25-28;1-13-12-23(17-5-3-2-4-16(13)17)18-10-11-20-19(22-18)21-14-6-8-15(24)9-7-14;1-2/h3-6,11-13,15,17,30H,7-10,14H2,1-2H3,(H,24,29)(H,23,26,27);2-5,10-12,14-15,24H,6-9H2,1H3,(H,20,21,22);1-2H3. The second-order valence-electron chi connectivity index (χ2n) is 15.2. The maximum atomic E-state index is 12.3. The molecule has 13 nitrogen and oxygen atoms in total. The fourth-order valence-corrected chi connectivity index (χ4v) is 7.32. The molecule has 4 heterocycles. The van der Waals surface area contributed by atoms with Gasteiger partial charge >= 0.3 is 0 Å². The van der Waals surface area contributed by atoms with Crippen LogP contribution in [0.5, 0.6) is 0 Å². The minimum absolute atomic E-state index is 0.00640. The van der Waals surface area contributed by atoms with Crippen molar-refractivity contribution in [2.45, 2.75) is 110 Å². The monoisotopic (exact) mass is 760 g/mol. The van der Waals surface area contributed by atoms with Crippen LogP contribution in [0.3, 0.4) is 0 Å². The first kappa shape index (κ1) is 40.3. The Labute approximate surface area is 329 Å². The summed E-state index contributed by atoms with van der Waals surface area (Å²) in [5, 5.41) is 35.8. The molecule has 5 N–H and O–H groups in total. The quantitative estimate of drug-likeness (QED) is 0.102. The molecule has 56 heavy (non-hydrogen) atoms. The summed E-state index contributed by atoms with van der Waals surface area (Å²) >= 11 is 0. The lowest BCUT2D eigenvalue weighted by Crippen LogP contribution is -2.42. The Balaban J connectivity index is 0.000000186. The van der Waals surface area contributed by atoms with E-state index < -0.39 is 5.60 Å². The summed E-state index contributed by atoms with van der Waals surface area (Å²) in [4.78, 5) is 30.4. The Morgan fingerprint density at radius 3 is 2.02 bits per heavy atom. The summed E-state index contributed by atoms with van der Waals surface area (Å²) in [5.74, 6) is 2.83. The van der Waals surface area contributed by atoms with Gasteiger partial charge < -0.3 is 30.7 Å². The van der Waals surface area contributed by atoms with Crippen molar-refractivity contribution in [3.63, 3.8) is 0 Å². The largest absolute Gasteiger partial charge is 0.393 e. The van der Waals surface area contributed by atoms with Crippen LogP contribution in [0.15, 0.2) is 85.5 Å². The van der Waals surface area contributed by atoms with Gasteiger partial charge in [0.25, 0.3) is 0 Å². The lowest BCUT2D eigenvalue weighted by Gasteiger charge is -2.29. The summed E-state index contributed by atoms with van der Waals surface area (Å²) < 4.78 is 3.92. The van der Waals surface area contributed by atoms with Gasteiger partial charge in [-0.05, 0) is 95.9 Å². The summed E-state index contributed by atoms with van der Waals surface area (Å²) in [7, 11) is 0. The second kappa shape index (κ2) is 18.5. The second-order valence-corrected chi connectivity index (χ2v) is 15.2. The topological polar surface area (TPSA) is 168 Å². The number of carbonyl (C=O) groups is 1. The highest BCUT2D eigenvalue weighted by Crippen LogP contribution is 2.28. The molecular weight excluding hydrogens is 705 g/mol. The van der Waals surface area contributed by atoms with E-state index in [4.69, 9.17) is 4.98 Å². The maximum Gasteiger partial charge on any atom is 0.224 e. The zero-order valence-electron chi connectivity index (χ0n) is 33.2. The summed E-state index contributed by atoms with van der Waals surface area (Å²) in [6, 6.07) is 20.7. The smallest absolute Gasteiger partial charge is 0.224 e. The molecule has 13 heteroatoms. The molecule has 6 aromatic rings. The van der Waals surface area contributed by atoms with Crippen LogP contribution in [-0.4, -0.2) is 80.7 Å². The highest BCUT2D eigenvalue weighted by Gasteiger charge is 2.28. The van der Waals surface area contributed by atoms with Gasteiger partial charge in [-0.1, -0.05) is 50.2 Å². The molecule has 4 aromatic heterocycles. The van der Waals surface area contributed by atoms with Crippen LogP contribution < -0.4 is 16.0 Å². The molecule has 2 aliphatic rings. The van der Waals surface area contributed by atoms with Gasteiger partial charge in [0.05, 0.1) is 28.9 Å². The Kier molecular flexibility index (Phi) is 13.3. The number of aryl methyl sites for hydroxylation is 1.